The molecule has 3 N–H and O–H groups in total. The van der Waals surface area contributed by atoms with E-state index in [4.69, 9.17) is 11.0 Å². The molecule has 9 heteroatoms. The Morgan fingerprint density at radius 3 is 2.37 bits per heavy atom. The van der Waals surface area contributed by atoms with E-state index in [0.717, 1.165) is 6.07 Å². The molecular weight excluding hydrogens is 271 g/mol. The third-order valence-electron chi connectivity index (χ3n) is 2.12. The molecule has 0 amide bonds. The molecular formula is C10H9F5N4. The SMILES string of the molecule is N#Cc1ccc(C(F)(F)F)nc1NCC(F)(F)CN. The fraction of sp³-hybridized carbons (Fsp3) is 0.400. The molecule has 0 unspecified atom stereocenters. The lowest BCUT2D eigenvalue weighted by molar-refractivity contribution is -0.141. The summed E-state index contributed by atoms with van der Waals surface area (Å²) in [5, 5.41) is 10.7. The summed E-state index contributed by atoms with van der Waals surface area (Å²) < 4.78 is 63.0. The zero-order valence-corrected chi connectivity index (χ0v) is 9.43. The van der Waals surface area contributed by atoms with Crippen molar-refractivity contribution < 1.29 is 22.0 Å². The minimum absolute atomic E-state index is 0.263. The number of nitrogens with two attached hydrogens (primary N) is 1. The Balaban J connectivity index is 3.01. The van der Waals surface area contributed by atoms with Crippen molar-refractivity contribution in [3.05, 3.63) is 23.4 Å². The molecule has 1 rings (SSSR count). The van der Waals surface area contributed by atoms with Gasteiger partial charge in [0.2, 0.25) is 0 Å². The predicted octanol–water partition coefficient (Wildman–Crippen LogP) is 1.98. The number of nitrogens with zero attached hydrogens (tertiary/aromatic N) is 2. The molecule has 4 nitrogen and oxygen atoms in total. The van der Waals surface area contributed by atoms with Crippen LogP contribution in [0.3, 0.4) is 0 Å². The van der Waals surface area contributed by atoms with Crippen LogP contribution in [0.15, 0.2) is 12.1 Å². The van der Waals surface area contributed by atoms with Crippen molar-refractivity contribution >= 4 is 5.82 Å². The third kappa shape index (κ3) is 4.03. The van der Waals surface area contributed by atoms with Crippen molar-refractivity contribution in [1.82, 2.24) is 4.98 Å². The molecule has 0 spiro atoms. The predicted molar refractivity (Wildman–Crippen MR) is 56.4 cm³/mol. The second-order valence-electron chi connectivity index (χ2n) is 3.62. The molecule has 0 aliphatic rings. The van der Waals surface area contributed by atoms with Crippen molar-refractivity contribution in [2.24, 2.45) is 5.73 Å². The molecule has 0 radical (unpaired) electrons. The van der Waals surface area contributed by atoms with Gasteiger partial charge in [-0.05, 0) is 12.1 Å². The number of pyridine rings is 1. The van der Waals surface area contributed by atoms with E-state index in [1.807, 2.05) is 5.32 Å². The number of alkyl halides is 5. The lowest BCUT2D eigenvalue weighted by Crippen LogP contribution is -2.35. The molecule has 0 bridgehead atoms. The summed E-state index contributed by atoms with van der Waals surface area (Å²) in [6, 6.07) is 3.02. The first kappa shape index (κ1) is 15.1. The molecule has 104 valence electrons. The van der Waals surface area contributed by atoms with Crippen molar-refractivity contribution in [3.8, 4) is 6.07 Å². The van der Waals surface area contributed by atoms with Gasteiger partial charge in [-0.2, -0.15) is 18.4 Å². The highest BCUT2D eigenvalue weighted by molar-refractivity contribution is 5.52. The lowest BCUT2D eigenvalue weighted by Gasteiger charge is -2.16. The topological polar surface area (TPSA) is 74.7 Å². The molecule has 0 aliphatic carbocycles. The molecule has 0 atom stereocenters. The standard InChI is InChI=1S/C10H9F5N4/c11-9(12,4-17)5-18-8-6(3-16)1-2-7(19-8)10(13,14)15/h1-2H,4-5,17H2,(H,18,19). The second-order valence-corrected chi connectivity index (χ2v) is 3.62. The summed E-state index contributed by atoms with van der Waals surface area (Å²) in [7, 11) is 0. The second kappa shape index (κ2) is 5.36. The highest BCUT2D eigenvalue weighted by Crippen LogP contribution is 2.29. The van der Waals surface area contributed by atoms with E-state index in [-0.39, 0.29) is 5.56 Å². The van der Waals surface area contributed by atoms with Gasteiger partial charge in [0.1, 0.15) is 17.6 Å². The van der Waals surface area contributed by atoms with Crippen LogP contribution < -0.4 is 11.1 Å². The van der Waals surface area contributed by atoms with Gasteiger partial charge in [0.25, 0.3) is 5.92 Å². The summed E-state index contributed by atoms with van der Waals surface area (Å²) in [5.41, 5.74) is 3.25. The number of hydrogen-bond acceptors (Lipinski definition) is 4. The highest BCUT2D eigenvalue weighted by atomic mass is 19.4. The van der Waals surface area contributed by atoms with Crippen LogP contribution in [-0.4, -0.2) is 24.0 Å². The zero-order valence-electron chi connectivity index (χ0n) is 9.43. The number of hydrogen-bond donors (Lipinski definition) is 2. The van der Waals surface area contributed by atoms with E-state index < -0.39 is 36.7 Å². The zero-order chi connectivity index (χ0) is 14.7. The number of rotatable bonds is 4. The van der Waals surface area contributed by atoms with Crippen LogP contribution in [0.2, 0.25) is 0 Å². The Morgan fingerprint density at radius 2 is 1.89 bits per heavy atom. The maximum Gasteiger partial charge on any atom is 0.433 e. The lowest BCUT2D eigenvalue weighted by atomic mass is 10.2. The molecule has 0 saturated carbocycles. The first-order valence-electron chi connectivity index (χ1n) is 5.00. The van der Waals surface area contributed by atoms with E-state index in [1.165, 1.54) is 0 Å². The van der Waals surface area contributed by atoms with Crippen LogP contribution in [0, 0.1) is 11.3 Å². The first-order chi connectivity index (χ1) is 8.69. The summed E-state index contributed by atoms with van der Waals surface area (Å²) in [6.45, 7) is -1.98. The molecule has 1 aromatic rings. The van der Waals surface area contributed by atoms with Crippen molar-refractivity contribution in [2.45, 2.75) is 12.1 Å². The summed E-state index contributed by atoms with van der Waals surface area (Å²) in [6.07, 6.45) is -4.72. The Morgan fingerprint density at radius 1 is 1.26 bits per heavy atom. The number of aromatic nitrogens is 1. The quantitative estimate of drug-likeness (QED) is 0.827. The molecule has 0 saturated heterocycles. The summed E-state index contributed by atoms with van der Waals surface area (Å²) in [5.74, 6) is -3.85. The molecule has 0 aromatic carbocycles. The van der Waals surface area contributed by atoms with Gasteiger partial charge in [0, 0.05) is 0 Å². The smallest absolute Gasteiger partial charge is 0.363 e. The van der Waals surface area contributed by atoms with Crippen molar-refractivity contribution in [1.29, 1.82) is 5.26 Å². The summed E-state index contributed by atoms with van der Waals surface area (Å²) >= 11 is 0. The van der Waals surface area contributed by atoms with Crippen LogP contribution in [0.4, 0.5) is 27.8 Å². The Bertz CT molecular complexity index is 492. The number of nitrogens with one attached hydrogen (secondary N) is 1. The van der Waals surface area contributed by atoms with E-state index in [0.29, 0.717) is 6.07 Å². The van der Waals surface area contributed by atoms with Crippen molar-refractivity contribution in [3.63, 3.8) is 0 Å². The fourth-order valence-electron chi connectivity index (χ4n) is 1.13. The van der Waals surface area contributed by atoms with Gasteiger partial charge in [0.05, 0.1) is 18.7 Å². The largest absolute Gasteiger partial charge is 0.433 e. The van der Waals surface area contributed by atoms with Crippen molar-refractivity contribution in [2.75, 3.05) is 18.4 Å². The fourth-order valence-corrected chi connectivity index (χ4v) is 1.13. The van der Waals surface area contributed by atoms with Crippen LogP contribution in [0.25, 0.3) is 0 Å². The van der Waals surface area contributed by atoms with Gasteiger partial charge in [-0.3, -0.25) is 0 Å². The van der Waals surface area contributed by atoms with Crippen LogP contribution in [0.5, 0.6) is 0 Å². The third-order valence-corrected chi connectivity index (χ3v) is 2.12. The van der Waals surface area contributed by atoms with E-state index in [1.54, 1.807) is 6.07 Å². The maximum atomic E-state index is 12.9. The van der Waals surface area contributed by atoms with E-state index in [2.05, 4.69) is 4.98 Å². The molecule has 19 heavy (non-hydrogen) atoms. The molecule has 0 aliphatic heterocycles. The number of nitriles is 1. The van der Waals surface area contributed by atoms with Crippen LogP contribution >= 0.6 is 0 Å². The normalized spacial score (nSPS) is 12.1. The van der Waals surface area contributed by atoms with Gasteiger partial charge in [-0.1, -0.05) is 0 Å². The first-order valence-corrected chi connectivity index (χ1v) is 5.00. The van der Waals surface area contributed by atoms with Gasteiger partial charge >= 0.3 is 6.18 Å². The van der Waals surface area contributed by atoms with Gasteiger partial charge < -0.3 is 11.1 Å². The van der Waals surface area contributed by atoms with Gasteiger partial charge in [-0.15, -0.1) is 0 Å². The Labute approximate surface area is 105 Å². The molecule has 1 heterocycles. The van der Waals surface area contributed by atoms with Gasteiger partial charge in [-0.25, -0.2) is 13.8 Å². The minimum atomic E-state index is -4.72. The van der Waals surface area contributed by atoms with Gasteiger partial charge in [0.15, 0.2) is 0 Å². The average Bonchev–Trinajstić information content (AvgIpc) is 2.35. The number of anilines is 1. The number of halogens is 5. The Hall–Kier alpha value is -1.95. The summed E-state index contributed by atoms with van der Waals surface area (Å²) in [4.78, 5) is 3.12. The van der Waals surface area contributed by atoms with Crippen LogP contribution in [0.1, 0.15) is 11.3 Å². The van der Waals surface area contributed by atoms with Crippen LogP contribution in [-0.2, 0) is 6.18 Å². The monoisotopic (exact) mass is 280 g/mol. The Kier molecular flexibility index (Phi) is 4.26. The van der Waals surface area contributed by atoms with E-state index in [9.17, 15) is 22.0 Å². The van der Waals surface area contributed by atoms with E-state index >= 15 is 0 Å². The average molecular weight is 280 g/mol. The molecule has 1 aromatic heterocycles. The minimum Gasteiger partial charge on any atom is -0.363 e. The highest BCUT2D eigenvalue weighted by Gasteiger charge is 2.33. The maximum absolute atomic E-state index is 12.9. The molecule has 0 fully saturated rings.